The van der Waals surface area contributed by atoms with Crippen LogP contribution in [0.1, 0.15) is 50.2 Å². The predicted octanol–water partition coefficient (Wildman–Crippen LogP) is 4.13. The third-order valence-corrected chi connectivity index (χ3v) is 5.13. The van der Waals surface area contributed by atoms with Gasteiger partial charge in [0.2, 0.25) is 5.89 Å². The SMILES string of the molecule is COc1ccc(F)cc1C[S@@](=O)[C@H](C)c1ncc(C(C)(C)C)o1. The average molecular weight is 339 g/mol. The molecule has 1 heterocycles. The first-order valence-corrected chi connectivity index (χ1v) is 8.76. The number of aromatic nitrogens is 1. The van der Waals surface area contributed by atoms with Gasteiger partial charge in [0.1, 0.15) is 22.6 Å². The van der Waals surface area contributed by atoms with Crippen molar-refractivity contribution in [2.24, 2.45) is 0 Å². The Hall–Kier alpha value is -1.69. The molecule has 0 saturated heterocycles. The van der Waals surface area contributed by atoms with Crippen LogP contribution in [0.5, 0.6) is 5.75 Å². The fourth-order valence-electron chi connectivity index (χ4n) is 2.07. The molecule has 1 aromatic heterocycles. The molecule has 0 aliphatic heterocycles. The molecule has 0 N–H and O–H groups in total. The Labute approximate surface area is 138 Å². The maximum absolute atomic E-state index is 13.4. The van der Waals surface area contributed by atoms with E-state index in [4.69, 9.17) is 9.15 Å². The summed E-state index contributed by atoms with van der Waals surface area (Å²) in [6.45, 7) is 7.86. The summed E-state index contributed by atoms with van der Waals surface area (Å²) >= 11 is 0. The molecule has 2 rings (SSSR count). The number of ether oxygens (including phenoxy) is 1. The van der Waals surface area contributed by atoms with Crippen LogP contribution in [-0.2, 0) is 22.0 Å². The van der Waals surface area contributed by atoms with E-state index in [1.807, 2.05) is 20.8 Å². The fraction of sp³-hybridized carbons (Fsp3) is 0.471. The standard InChI is InChI=1S/C17H22FNO3S/c1-11(16-19-9-15(22-16)17(2,3)4)23(20)10-12-8-13(18)6-7-14(12)21-5/h6-9,11H,10H2,1-5H3/t11-,23-/m1/s1. The van der Waals surface area contributed by atoms with Crippen molar-refractivity contribution in [1.29, 1.82) is 0 Å². The Bertz CT molecular complexity index is 706. The summed E-state index contributed by atoms with van der Waals surface area (Å²) in [6.07, 6.45) is 1.67. The van der Waals surface area contributed by atoms with Crippen molar-refractivity contribution in [2.75, 3.05) is 7.11 Å². The molecular weight excluding hydrogens is 317 g/mol. The van der Waals surface area contributed by atoms with E-state index >= 15 is 0 Å². The summed E-state index contributed by atoms with van der Waals surface area (Å²) in [5, 5.41) is -0.390. The van der Waals surface area contributed by atoms with Crippen LogP contribution < -0.4 is 4.74 Å². The monoisotopic (exact) mass is 339 g/mol. The minimum Gasteiger partial charge on any atom is -0.496 e. The van der Waals surface area contributed by atoms with Crippen LogP contribution >= 0.6 is 0 Å². The third-order valence-electron chi connectivity index (χ3n) is 3.55. The van der Waals surface area contributed by atoms with E-state index in [1.165, 1.54) is 25.3 Å². The first-order valence-electron chi connectivity index (χ1n) is 7.38. The molecular formula is C17H22FNO3S. The molecule has 0 radical (unpaired) electrons. The van der Waals surface area contributed by atoms with Crippen LogP contribution in [-0.4, -0.2) is 16.3 Å². The van der Waals surface area contributed by atoms with Crippen LogP contribution in [0.4, 0.5) is 4.39 Å². The summed E-state index contributed by atoms with van der Waals surface area (Å²) in [5.74, 6) is 1.50. The number of hydrogen-bond acceptors (Lipinski definition) is 4. The van der Waals surface area contributed by atoms with E-state index < -0.39 is 10.8 Å². The molecule has 0 amide bonds. The third kappa shape index (κ3) is 4.19. The first kappa shape index (κ1) is 17.7. The van der Waals surface area contributed by atoms with Crippen LogP contribution in [0.25, 0.3) is 0 Å². The lowest BCUT2D eigenvalue weighted by Crippen LogP contribution is -2.10. The minimum absolute atomic E-state index is 0.155. The van der Waals surface area contributed by atoms with Crippen LogP contribution in [0.2, 0.25) is 0 Å². The van der Waals surface area contributed by atoms with Crippen molar-refractivity contribution in [3.05, 3.63) is 47.4 Å². The van der Waals surface area contributed by atoms with Gasteiger partial charge in [-0.25, -0.2) is 9.37 Å². The number of oxazole rings is 1. The highest BCUT2D eigenvalue weighted by Crippen LogP contribution is 2.29. The zero-order valence-electron chi connectivity index (χ0n) is 14.1. The maximum atomic E-state index is 13.4. The molecule has 0 saturated carbocycles. The van der Waals surface area contributed by atoms with Crippen LogP contribution in [0.15, 0.2) is 28.8 Å². The van der Waals surface area contributed by atoms with E-state index in [-0.39, 0.29) is 22.2 Å². The van der Waals surface area contributed by atoms with Gasteiger partial charge < -0.3 is 9.15 Å². The average Bonchev–Trinajstić information content (AvgIpc) is 2.96. The largest absolute Gasteiger partial charge is 0.496 e. The Morgan fingerprint density at radius 3 is 2.65 bits per heavy atom. The number of halogens is 1. The predicted molar refractivity (Wildman–Crippen MR) is 88.4 cm³/mol. The highest BCUT2D eigenvalue weighted by atomic mass is 32.2. The van der Waals surface area contributed by atoms with Gasteiger partial charge in [-0.3, -0.25) is 4.21 Å². The molecule has 6 heteroatoms. The zero-order valence-corrected chi connectivity index (χ0v) is 14.9. The topological polar surface area (TPSA) is 52.3 Å². The number of methoxy groups -OCH3 is 1. The maximum Gasteiger partial charge on any atom is 0.209 e. The van der Waals surface area contributed by atoms with Gasteiger partial charge in [0, 0.05) is 21.8 Å². The normalized spacial score (nSPS) is 14.5. The number of rotatable bonds is 5. The van der Waals surface area contributed by atoms with Gasteiger partial charge in [0.05, 0.1) is 19.1 Å². The molecule has 4 nitrogen and oxygen atoms in total. The summed E-state index contributed by atoms with van der Waals surface area (Å²) in [6, 6.07) is 4.20. The summed E-state index contributed by atoms with van der Waals surface area (Å²) < 4.78 is 36.9. The quantitative estimate of drug-likeness (QED) is 0.822. The van der Waals surface area contributed by atoms with Crippen molar-refractivity contribution in [2.45, 2.75) is 44.1 Å². The van der Waals surface area contributed by atoms with E-state index in [0.29, 0.717) is 17.2 Å². The molecule has 0 spiro atoms. The zero-order chi connectivity index (χ0) is 17.2. The smallest absolute Gasteiger partial charge is 0.209 e. The van der Waals surface area contributed by atoms with Crippen molar-refractivity contribution in [1.82, 2.24) is 4.98 Å². The molecule has 23 heavy (non-hydrogen) atoms. The second-order valence-electron chi connectivity index (χ2n) is 6.44. The Morgan fingerprint density at radius 1 is 1.39 bits per heavy atom. The summed E-state index contributed by atoms with van der Waals surface area (Å²) in [4.78, 5) is 4.24. The lowest BCUT2D eigenvalue weighted by molar-refractivity contribution is 0.382. The van der Waals surface area contributed by atoms with Gasteiger partial charge >= 0.3 is 0 Å². The number of nitrogens with zero attached hydrogens (tertiary/aromatic N) is 1. The van der Waals surface area contributed by atoms with E-state index in [9.17, 15) is 8.60 Å². The van der Waals surface area contributed by atoms with Crippen LogP contribution in [0.3, 0.4) is 0 Å². The minimum atomic E-state index is -1.30. The Kier molecular flexibility index (Phi) is 5.24. The molecule has 1 aromatic carbocycles. The fourth-order valence-corrected chi connectivity index (χ4v) is 3.19. The highest BCUT2D eigenvalue weighted by molar-refractivity contribution is 7.84. The molecule has 0 fully saturated rings. The molecule has 0 bridgehead atoms. The molecule has 2 aromatic rings. The van der Waals surface area contributed by atoms with E-state index in [0.717, 1.165) is 5.76 Å². The van der Waals surface area contributed by atoms with Gasteiger partial charge in [-0.1, -0.05) is 20.8 Å². The highest BCUT2D eigenvalue weighted by Gasteiger charge is 2.24. The van der Waals surface area contributed by atoms with E-state index in [1.54, 1.807) is 13.1 Å². The summed E-state index contributed by atoms with van der Waals surface area (Å²) in [7, 11) is 0.203. The summed E-state index contributed by atoms with van der Waals surface area (Å²) in [5.41, 5.74) is 0.415. The van der Waals surface area contributed by atoms with Crippen molar-refractivity contribution in [3.63, 3.8) is 0 Å². The first-order chi connectivity index (χ1) is 10.7. The van der Waals surface area contributed by atoms with Gasteiger partial charge in [0.15, 0.2) is 0 Å². The molecule has 2 atom stereocenters. The lowest BCUT2D eigenvalue weighted by Gasteiger charge is -2.14. The molecule has 0 unspecified atom stereocenters. The Morgan fingerprint density at radius 2 is 2.09 bits per heavy atom. The van der Waals surface area contributed by atoms with Crippen LogP contribution in [0, 0.1) is 5.82 Å². The van der Waals surface area contributed by atoms with Crippen molar-refractivity contribution < 1.29 is 17.8 Å². The second-order valence-corrected chi connectivity index (χ2v) is 8.19. The van der Waals surface area contributed by atoms with Gasteiger partial charge in [-0.15, -0.1) is 0 Å². The van der Waals surface area contributed by atoms with Gasteiger partial charge in [-0.05, 0) is 25.1 Å². The molecule has 126 valence electrons. The Balaban J connectivity index is 2.17. The van der Waals surface area contributed by atoms with E-state index in [2.05, 4.69) is 4.98 Å². The lowest BCUT2D eigenvalue weighted by atomic mass is 9.94. The molecule has 0 aliphatic rings. The number of hydrogen-bond donors (Lipinski definition) is 0. The molecule has 0 aliphatic carbocycles. The second kappa shape index (κ2) is 6.83. The van der Waals surface area contributed by atoms with Crippen molar-refractivity contribution in [3.8, 4) is 5.75 Å². The van der Waals surface area contributed by atoms with Gasteiger partial charge in [-0.2, -0.15) is 0 Å². The van der Waals surface area contributed by atoms with Gasteiger partial charge in [0.25, 0.3) is 0 Å². The number of benzene rings is 1. The van der Waals surface area contributed by atoms with Crippen molar-refractivity contribution >= 4 is 10.8 Å².